The summed E-state index contributed by atoms with van der Waals surface area (Å²) < 4.78 is 10.7. The van der Waals surface area contributed by atoms with E-state index < -0.39 is 23.8 Å². The number of benzene rings is 2. The van der Waals surface area contributed by atoms with Gasteiger partial charge in [-0.1, -0.05) is 11.6 Å². The first-order valence-corrected chi connectivity index (χ1v) is 9.60. The van der Waals surface area contributed by atoms with Gasteiger partial charge in [-0.25, -0.2) is 0 Å². The zero-order valence-electron chi connectivity index (χ0n) is 16.8. The number of likely N-dealkylation sites (tertiary alicyclic amines) is 1. The Morgan fingerprint density at radius 2 is 1.80 bits per heavy atom. The lowest BCUT2D eigenvalue weighted by atomic mass is 9.94. The zero-order chi connectivity index (χ0) is 22.0. The van der Waals surface area contributed by atoms with E-state index in [1.165, 1.54) is 26.0 Å². The van der Waals surface area contributed by atoms with Crippen molar-refractivity contribution in [2.45, 2.75) is 19.1 Å². The molecule has 2 atom stereocenters. The Hall–Kier alpha value is -3.03. The first kappa shape index (κ1) is 21.7. The van der Waals surface area contributed by atoms with Crippen LogP contribution in [-0.2, 0) is 9.59 Å². The lowest BCUT2D eigenvalue weighted by molar-refractivity contribution is -0.140. The molecule has 8 heteroatoms. The van der Waals surface area contributed by atoms with E-state index in [9.17, 15) is 19.8 Å². The van der Waals surface area contributed by atoms with Crippen molar-refractivity contribution in [2.75, 3.05) is 20.8 Å². The maximum Gasteiger partial charge on any atom is 0.295 e. The third kappa shape index (κ3) is 3.99. The highest BCUT2D eigenvalue weighted by molar-refractivity contribution is 6.46. The molecule has 0 bridgehead atoms. The van der Waals surface area contributed by atoms with Gasteiger partial charge in [0.15, 0.2) is 0 Å². The largest absolute Gasteiger partial charge is 0.507 e. The molecule has 0 radical (unpaired) electrons. The number of carbonyl (C=O) groups is 2. The second kappa shape index (κ2) is 8.77. The SMILES string of the molecule is COc1ccc(OC)c(C2C(=C(O)c3ccc(Cl)cc3)C(=O)C(=O)N2CC(C)O)c1. The Labute approximate surface area is 179 Å². The number of rotatable bonds is 6. The van der Waals surface area contributed by atoms with Gasteiger partial charge in [-0.05, 0) is 49.4 Å². The molecule has 0 spiro atoms. The van der Waals surface area contributed by atoms with Crippen LogP contribution in [0.2, 0.25) is 5.02 Å². The second-order valence-corrected chi connectivity index (χ2v) is 7.35. The molecule has 1 amide bonds. The quantitative estimate of drug-likeness (QED) is 0.414. The minimum Gasteiger partial charge on any atom is -0.507 e. The Morgan fingerprint density at radius 3 is 2.37 bits per heavy atom. The van der Waals surface area contributed by atoms with Crippen LogP contribution in [0.5, 0.6) is 11.5 Å². The number of amides is 1. The van der Waals surface area contributed by atoms with Gasteiger partial charge in [-0.15, -0.1) is 0 Å². The third-order valence-electron chi connectivity index (χ3n) is 4.85. The van der Waals surface area contributed by atoms with Crippen LogP contribution in [0, 0.1) is 0 Å². The van der Waals surface area contributed by atoms with Crippen molar-refractivity contribution in [3.8, 4) is 11.5 Å². The Bertz CT molecular complexity index is 999. The summed E-state index contributed by atoms with van der Waals surface area (Å²) in [4.78, 5) is 27.0. The Morgan fingerprint density at radius 1 is 1.13 bits per heavy atom. The molecular weight excluding hydrogens is 410 g/mol. The van der Waals surface area contributed by atoms with Crippen molar-refractivity contribution in [2.24, 2.45) is 0 Å². The highest BCUT2D eigenvalue weighted by atomic mass is 35.5. The van der Waals surface area contributed by atoms with E-state index in [-0.39, 0.29) is 17.9 Å². The molecule has 0 aromatic heterocycles. The van der Waals surface area contributed by atoms with E-state index in [1.807, 2.05) is 0 Å². The highest BCUT2D eigenvalue weighted by Gasteiger charge is 2.47. The van der Waals surface area contributed by atoms with Crippen LogP contribution in [0.4, 0.5) is 0 Å². The molecule has 2 unspecified atom stereocenters. The molecule has 3 rings (SSSR count). The summed E-state index contributed by atoms with van der Waals surface area (Å²) in [5, 5.41) is 21.4. The molecule has 1 saturated heterocycles. The lowest BCUT2D eigenvalue weighted by Gasteiger charge is -2.27. The molecule has 0 saturated carbocycles. The lowest BCUT2D eigenvalue weighted by Crippen LogP contribution is -2.35. The van der Waals surface area contributed by atoms with Crippen LogP contribution in [0.25, 0.3) is 5.76 Å². The molecule has 2 aromatic carbocycles. The number of Topliss-reactive ketones (excluding diaryl/α,β-unsaturated/α-hetero) is 1. The molecule has 158 valence electrons. The predicted molar refractivity (Wildman–Crippen MR) is 112 cm³/mol. The van der Waals surface area contributed by atoms with Crippen molar-refractivity contribution in [1.82, 2.24) is 4.90 Å². The van der Waals surface area contributed by atoms with E-state index in [2.05, 4.69) is 0 Å². The minimum absolute atomic E-state index is 0.102. The van der Waals surface area contributed by atoms with Crippen molar-refractivity contribution < 1.29 is 29.3 Å². The summed E-state index contributed by atoms with van der Waals surface area (Å²) in [5.74, 6) is -1.12. The molecule has 7 nitrogen and oxygen atoms in total. The average Bonchev–Trinajstić information content (AvgIpc) is 2.97. The summed E-state index contributed by atoms with van der Waals surface area (Å²) in [6, 6.07) is 10.3. The topological polar surface area (TPSA) is 96.3 Å². The molecular formula is C22H22ClNO6. The molecule has 1 fully saturated rings. The van der Waals surface area contributed by atoms with Crippen molar-refractivity contribution in [3.63, 3.8) is 0 Å². The van der Waals surface area contributed by atoms with Gasteiger partial charge in [0.05, 0.1) is 31.9 Å². The Balaban J connectivity index is 2.27. The molecule has 2 N–H and O–H groups in total. The van der Waals surface area contributed by atoms with Gasteiger partial charge in [-0.2, -0.15) is 0 Å². The number of carbonyl (C=O) groups excluding carboxylic acids is 2. The normalized spacial score (nSPS) is 19.1. The number of halogens is 1. The predicted octanol–water partition coefficient (Wildman–Crippen LogP) is 3.16. The standard InChI is InChI=1S/C22H22ClNO6/c1-12(25)11-24-19(16-10-15(29-2)8-9-17(16)30-3)18(21(27)22(24)28)20(26)13-4-6-14(23)7-5-13/h4-10,12,19,25-26H,11H2,1-3H3. The summed E-state index contributed by atoms with van der Waals surface area (Å²) >= 11 is 5.92. The van der Waals surface area contributed by atoms with Gasteiger partial charge in [0.25, 0.3) is 11.7 Å². The number of methoxy groups -OCH3 is 2. The molecule has 0 aliphatic carbocycles. The summed E-state index contributed by atoms with van der Waals surface area (Å²) in [7, 11) is 2.96. The van der Waals surface area contributed by atoms with Gasteiger partial charge in [0.1, 0.15) is 17.3 Å². The van der Waals surface area contributed by atoms with Gasteiger partial charge >= 0.3 is 0 Å². The number of hydrogen-bond donors (Lipinski definition) is 2. The van der Waals surface area contributed by atoms with Crippen LogP contribution in [0.15, 0.2) is 48.0 Å². The maximum atomic E-state index is 12.9. The molecule has 1 aliphatic heterocycles. The van der Waals surface area contributed by atoms with Crippen LogP contribution < -0.4 is 9.47 Å². The molecule has 2 aromatic rings. The van der Waals surface area contributed by atoms with E-state index in [4.69, 9.17) is 21.1 Å². The number of ketones is 1. The van der Waals surface area contributed by atoms with Gasteiger partial charge < -0.3 is 24.6 Å². The summed E-state index contributed by atoms with van der Waals surface area (Å²) in [6.07, 6.45) is -0.891. The third-order valence-corrected chi connectivity index (χ3v) is 5.10. The summed E-state index contributed by atoms with van der Waals surface area (Å²) in [6.45, 7) is 1.41. The number of aliphatic hydroxyl groups excluding tert-OH is 2. The van der Waals surface area contributed by atoms with E-state index in [0.717, 1.165) is 0 Å². The maximum absolute atomic E-state index is 12.9. The van der Waals surface area contributed by atoms with E-state index in [0.29, 0.717) is 27.6 Å². The first-order chi connectivity index (χ1) is 14.3. The van der Waals surface area contributed by atoms with E-state index >= 15 is 0 Å². The first-order valence-electron chi connectivity index (χ1n) is 9.22. The highest BCUT2D eigenvalue weighted by Crippen LogP contribution is 2.43. The van der Waals surface area contributed by atoms with Crippen molar-refractivity contribution in [3.05, 3.63) is 64.2 Å². The number of hydrogen-bond acceptors (Lipinski definition) is 6. The second-order valence-electron chi connectivity index (χ2n) is 6.92. The fourth-order valence-electron chi connectivity index (χ4n) is 3.49. The smallest absolute Gasteiger partial charge is 0.295 e. The van der Waals surface area contributed by atoms with Crippen LogP contribution in [0.3, 0.4) is 0 Å². The van der Waals surface area contributed by atoms with Crippen LogP contribution >= 0.6 is 11.6 Å². The van der Waals surface area contributed by atoms with Gasteiger partial charge in [0.2, 0.25) is 0 Å². The number of nitrogens with zero attached hydrogens (tertiary/aromatic N) is 1. The fraction of sp³-hybridized carbons (Fsp3) is 0.273. The van der Waals surface area contributed by atoms with E-state index in [1.54, 1.807) is 42.5 Å². The molecule has 1 heterocycles. The monoisotopic (exact) mass is 431 g/mol. The minimum atomic E-state index is -0.972. The van der Waals surface area contributed by atoms with Crippen LogP contribution in [-0.4, -0.2) is 53.7 Å². The Kier molecular flexibility index (Phi) is 6.34. The zero-order valence-corrected chi connectivity index (χ0v) is 17.5. The van der Waals surface area contributed by atoms with Crippen molar-refractivity contribution in [1.29, 1.82) is 0 Å². The van der Waals surface area contributed by atoms with Crippen molar-refractivity contribution >= 4 is 29.1 Å². The fourth-order valence-corrected chi connectivity index (χ4v) is 3.62. The number of ether oxygens (including phenoxy) is 2. The molecule has 30 heavy (non-hydrogen) atoms. The van der Waals surface area contributed by atoms with Gasteiger partial charge in [0, 0.05) is 22.7 Å². The summed E-state index contributed by atoms with van der Waals surface area (Å²) in [5.41, 5.74) is 0.683. The molecule has 1 aliphatic rings. The number of β-amino-alcohol motifs (C(OH)–C–C–N with tert-alkyl or cyclic N) is 1. The number of aliphatic hydroxyl groups is 2. The van der Waals surface area contributed by atoms with Crippen LogP contribution in [0.1, 0.15) is 24.1 Å². The van der Waals surface area contributed by atoms with Gasteiger partial charge in [-0.3, -0.25) is 9.59 Å². The average molecular weight is 432 g/mol.